The lowest BCUT2D eigenvalue weighted by atomic mass is 9.99. The second-order valence-corrected chi connectivity index (χ2v) is 6.32. The predicted octanol–water partition coefficient (Wildman–Crippen LogP) is 4.22. The molecule has 0 fully saturated rings. The number of nitrogens with zero attached hydrogens (tertiary/aromatic N) is 1. The molecule has 1 aromatic heterocycles. The Morgan fingerprint density at radius 3 is 2.59 bits per heavy atom. The van der Waals surface area contributed by atoms with Crippen LogP contribution in [0.2, 0.25) is 0 Å². The van der Waals surface area contributed by atoms with E-state index < -0.39 is 0 Å². The van der Waals surface area contributed by atoms with Crippen LogP contribution in [-0.4, -0.2) is 17.5 Å². The van der Waals surface area contributed by atoms with Crippen LogP contribution < -0.4 is 10.1 Å². The van der Waals surface area contributed by atoms with Crippen molar-refractivity contribution in [3.8, 4) is 5.75 Å². The molecule has 0 spiro atoms. The number of nitrogens with one attached hydrogen (secondary N) is 1. The molecule has 22 heavy (non-hydrogen) atoms. The molecule has 0 aliphatic heterocycles. The minimum Gasteiger partial charge on any atom is -0.484 e. The van der Waals surface area contributed by atoms with Crippen LogP contribution in [0, 0.1) is 3.57 Å². The Kier molecular flexibility index (Phi) is 6.18. The average Bonchev–Trinajstić information content (AvgIpc) is 2.55. The molecule has 4 nitrogen and oxygen atoms in total. The first-order chi connectivity index (χ1) is 10.6. The first-order valence-corrected chi connectivity index (χ1v) is 8.30. The Morgan fingerprint density at radius 1 is 1.27 bits per heavy atom. The zero-order valence-corrected chi connectivity index (χ0v) is 14.8. The van der Waals surface area contributed by atoms with Gasteiger partial charge in [-0.2, -0.15) is 0 Å². The topological polar surface area (TPSA) is 51.2 Å². The third kappa shape index (κ3) is 4.98. The molecule has 5 heteroatoms. The number of aromatic nitrogens is 1. The number of benzene rings is 1. The van der Waals surface area contributed by atoms with Crippen LogP contribution >= 0.6 is 22.6 Å². The summed E-state index contributed by atoms with van der Waals surface area (Å²) in [6, 6.07) is 11.5. The standard InChI is InChI=1S/C17H19IN2O2/c1-3-12(2)13-4-7-15(8-5-13)22-11-17(21)20-16-9-6-14(18)10-19-16/h4-10,12H,3,11H2,1-2H3,(H,19,20,21). The Bertz CT molecular complexity index is 612. The molecule has 1 N–H and O–H groups in total. The number of ether oxygens (including phenoxy) is 1. The van der Waals surface area contributed by atoms with E-state index in [0.29, 0.717) is 17.5 Å². The first-order valence-electron chi connectivity index (χ1n) is 7.22. The van der Waals surface area contributed by atoms with Gasteiger partial charge in [-0.15, -0.1) is 0 Å². The van der Waals surface area contributed by atoms with Crippen molar-refractivity contribution in [1.82, 2.24) is 4.98 Å². The Morgan fingerprint density at radius 2 is 2.00 bits per heavy atom. The average molecular weight is 410 g/mol. The SMILES string of the molecule is CCC(C)c1ccc(OCC(=O)Nc2ccc(I)cn2)cc1. The van der Waals surface area contributed by atoms with Crippen molar-refractivity contribution in [2.45, 2.75) is 26.2 Å². The predicted molar refractivity (Wildman–Crippen MR) is 96.2 cm³/mol. The molecular weight excluding hydrogens is 391 g/mol. The molecule has 0 bridgehead atoms. The molecule has 1 atom stereocenters. The number of hydrogen-bond donors (Lipinski definition) is 1. The number of pyridine rings is 1. The van der Waals surface area contributed by atoms with Crippen LogP contribution in [0.25, 0.3) is 0 Å². The molecule has 0 aliphatic carbocycles. The highest BCUT2D eigenvalue weighted by molar-refractivity contribution is 14.1. The Balaban J connectivity index is 1.84. The molecule has 1 heterocycles. The highest BCUT2D eigenvalue weighted by atomic mass is 127. The van der Waals surface area contributed by atoms with E-state index in [2.05, 4.69) is 46.7 Å². The number of rotatable bonds is 6. The quantitative estimate of drug-likeness (QED) is 0.726. The second-order valence-electron chi connectivity index (χ2n) is 5.08. The van der Waals surface area contributed by atoms with E-state index in [9.17, 15) is 4.79 Å². The van der Waals surface area contributed by atoms with Crippen LogP contribution in [0.15, 0.2) is 42.6 Å². The van der Waals surface area contributed by atoms with E-state index in [0.717, 1.165) is 9.99 Å². The zero-order valence-electron chi connectivity index (χ0n) is 12.7. The molecular formula is C17H19IN2O2. The van der Waals surface area contributed by atoms with Crippen molar-refractivity contribution < 1.29 is 9.53 Å². The van der Waals surface area contributed by atoms with E-state index in [4.69, 9.17) is 4.74 Å². The number of amides is 1. The third-order valence-electron chi connectivity index (χ3n) is 3.43. The molecule has 1 amide bonds. The first kappa shape index (κ1) is 16.7. The van der Waals surface area contributed by atoms with Gasteiger partial charge in [0.1, 0.15) is 11.6 Å². The highest BCUT2D eigenvalue weighted by Crippen LogP contribution is 2.21. The van der Waals surface area contributed by atoms with Gasteiger partial charge in [0.15, 0.2) is 6.61 Å². The van der Waals surface area contributed by atoms with Gasteiger partial charge in [-0.1, -0.05) is 26.0 Å². The van der Waals surface area contributed by atoms with Crippen molar-refractivity contribution in [2.75, 3.05) is 11.9 Å². The summed E-state index contributed by atoms with van der Waals surface area (Å²) >= 11 is 2.16. The molecule has 0 saturated heterocycles. The summed E-state index contributed by atoms with van der Waals surface area (Å²) in [5.74, 6) is 1.53. The van der Waals surface area contributed by atoms with Crippen LogP contribution in [0.1, 0.15) is 31.7 Å². The van der Waals surface area contributed by atoms with E-state index in [1.54, 1.807) is 12.3 Å². The van der Waals surface area contributed by atoms with Gasteiger partial charge in [0.2, 0.25) is 0 Å². The monoisotopic (exact) mass is 410 g/mol. The smallest absolute Gasteiger partial charge is 0.263 e. The van der Waals surface area contributed by atoms with Gasteiger partial charge in [-0.05, 0) is 64.8 Å². The highest BCUT2D eigenvalue weighted by Gasteiger charge is 2.06. The van der Waals surface area contributed by atoms with Crippen molar-refractivity contribution >= 4 is 34.3 Å². The van der Waals surface area contributed by atoms with Gasteiger partial charge in [0.05, 0.1) is 0 Å². The van der Waals surface area contributed by atoms with Gasteiger partial charge in [0.25, 0.3) is 5.91 Å². The van der Waals surface area contributed by atoms with Crippen LogP contribution in [-0.2, 0) is 4.79 Å². The fraction of sp³-hybridized carbons (Fsp3) is 0.294. The van der Waals surface area contributed by atoms with Crippen molar-refractivity contribution in [2.24, 2.45) is 0 Å². The van der Waals surface area contributed by atoms with E-state index in [-0.39, 0.29) is 12.5 Å². The maximum Gasteiger partial charge on any atom is 0.263 e. The lowest BCUT2D eigenvalue weighted by Gasteiger charge is -2.10. The van der Waals surface area contributed by atoms with Gasteiger partial charge in [0, 0.05) is 9.77 Å². The lowest BCUT2D eigenvalue weighted by Crippen LogP contribution is -2.20. The summed E-state index contributed by atoms with van der Waals surface area (Å²) in [5.41, 5.74) is 1.28. The Hall–Kier alpha value is -1.63. The maximum atomic E-state index is 11.8. The van der Waals surface area contributed by atoms with Crippen molar-refractivity contribution in [3.05, 3.63) is 51.7 Å². The maximum absolute atomic E-state index is 11.8. The number of carbonyl (C=O) groups excluding carboxylic acids is 1. The van der Waals surface area contributed by atoms with E-state index in [1.807, 2.05) is 30.3 Å². The number of hydrogen-bond acceptors (Lipinski definition) is 3. The normalized spacial score (nSPS) is 11.8. The number of carbonyl (C=O) groups is 1. The summed E-state index contributed by atoms with van der Waals surface area (Å²) in [6.45, 7) is 4.33. The molecule has 1 aromatic carbocycles. The van der Waals surface area contributed by atoms with Gasteiger partial charge < -0.3 is 10.1 Å². The molecule has 116 valence electrons. The molecule has 2 aromatic rings. The molecule has 0 saturated carbocycles. The largest absolute Gasteiger partial charge is 0.484 e. The summed E-state index contributed by atoms with van der Waals surface area (Å²) in [4.78, 5) is 15.9. The minimum absolute atomic E-state index is 0.0314. The molecule has 1 unspecified atom stereocenters. The van der Waals surface area contributed by atoms with Crippen LogP contribution in [0.4, 0.5) is 5.82 Å². The zero-order chi connectivity index (χ0) is 15.9. The summed E-state index contributed by atoms with van der Waals surface area (Å²) in [7, 11) is 0. The summed E-state index contributed by atoms with van der Waals surface area (Å²) in [5, 5.41) is 2.70. The van der Waals surface area contributed by atoms with Gasteiger partial charge in [-0.25, -0.2) is 4.98 Å². The lowest BCUT2D eigenvalue weighted by molar-refractivity contribution is -0.118. The number of halogens is 1. The van der Waals surface area contributed by atoms with E-state index in [1.165, 1.54) is 5.56 Å². The van der Waals surface area contributed by atoms with Crippen molar-refractivity contribution in [1.29, 1.82) is 0 Å². The third-order valence-corrected chi connectivity index (χ3v) is 4.06. The fourth-order valence-corrected chi connectivity index (χ4v) is 2.22. The fourth-order valence-electron chi connectivity index (χ4n) is 1.91. The van der Waals surface area contributed by atoms with Crippen LogP contribution in [0.5, 0.6) is 5.75 Å². The minimum atomic E-state index is -0.222. The summed E-state index contributed by atoms with van der Waals surface area (Å²) in [6.07, 6.45) is 2.80. The van der Waals surface area contributed by atoms with E-state index >= 15 is 0 Å². The molecule has 2 rings (SSSR count). The van der Waals surface area contributed by atoms with Gasteiger partial charge >= 0.3 is 0 Å². The molecule has 0 radical (unpaired) electrons. The second kappa shape index (κ2) is 8.12. The van der Waals surface area contributed by atoms with Crippen LogP contribution in [0.3, 0.4) is 0 Å². The number of anilines is 1. The summed E-state index contributed by atoms with van der Waals surface area (Å²) < 4.78 is 6.51. The van der Waals surface area contributed by atoms with Crippen molar-refractivity contribution in [3.63, 3.8) is 0 Å². The van der Waals surface area contributed by atoms with Gasteiger partial charge in [-0.3, -0.25) is 4.79 Å². The molecule has 0 aliphatic rings. The Labute approximate surface area is 144 Å².